The highest BCUT2D eigenvalue weighted by Crippen LogP contribution is 2.39. The molecule has 1 atom stereocenters. The van der Waals surface area contributed by atoms with Crippen molar-refractivity contribution in [2.45, 2.75) is 37.8 Å². The van der Waals surface area contributed by atoms with Crippen LogP contribution in [0.25, 0.3) is 0 Å². The van der Waals surface area contributed by atoms with E-state index in [4.69, 9.17) is 5.73 Å². The summed E-state index contributed by atoms with van der Waals surface area (Å²) in [5.41, 5.74) is 6.26. The summed E-state index contributed by atoms with van der Waals surface area (Å²) in [5.74, 6) is 0.222. The third-order valence-corrected chi connectivity index (χ3v) is 3.10. The molecule has 2 N–H and O–H groups in total. The fourth-order valence-corrected chi connectivity index (χ4v) is 1.91. The zero-order valence-corrected chi connectivity index (χ0v) is 10.2. The Morgan fingerprint density at radius 3 is 2.47 bits per heavy atom. The molecule has 2 nitrogen and oxygen atoms in total. The van der Waals surface area contributed by atoms with Crippen LogP contribution in [0.1, 0.15) is 30.9 Å². The van der Waals surface area contributed by atoms with Gasteiger partial charge in [-0.05, 0) is 18.4 Å². The number of halogens is 4. The molecule has 106 valence electrons. The zero-order valence-electron chi connectivity index (χ0n) is 10.2. The smallest absolute Gasteiger partial charge is 0.428 e. The average Bonchev–Trinajstić information content (AvgIpc) is 3.12. The molecule has 1 aromatic carbocycles. The van der Waals surface area contributed by atoms with Crippen LogP contribution in [-0.4, -0.2) is 12.5 Å². The van der Waals surface area contributed by atoms with Crippen molar-refractivity contribution in [1.82, 2.24) is 0 Å². The van der Waals surface area contributed by atoms with Crippen molar-refractivity contribution in [1.29, 1.82) is 0 Å². The van der Waals surface area contributed by atoms with Gasteiger partial charge in [-0.25, -0.2) is 0 Å². The van der Waals surface area contributed by atoms with Gasteiger partial charge in [-0.3, -0.25) is 0 Å². The number of ether oxygens (including phenoxy) is 1. The first kappa shape index (κ1) is 14.1. The van der Waals surface area contributed by atoms with Gasteiger partial charge in [0.05, 0.1) is 0 Å². The summed E-state index contributed by atoms with van der Waals surface area (Å²) in [4.78, 5) is 0. The van der Waals surface area contributed by atoms with E-state index in [0.29, 0.717) is 17.9 Å². The number of benzene rings is 1. The van der Waals surface area contributed by atoms with Crippen LogP contribution in [0.3, 0.4) is 0 Å². The van der Waals surface area contributed by atoms with Gasteiger partial charge >= 0.3 is 12.5 Å². The van der Waals surface area contributed by atoms with Crippen LogP contribution >= 0.6 is 0 Å². The molecule has 0 bridgehead atoms. The number of para-hydroxylation sites is 1. The van der Waals surface area contributed by atoms with E-state index in [2.05, 4.69) is 4.74 Å². The van der Waals surface area contributed by atoms with Crippen molar-refractivity contribution in [2.75, 3.05) is 0 Å². The molecule has 1 aliphatic carbocycles. The molecule has 0 aromatic heterocycles. The summed E-state index contributed by atoms with van der Waals surface area (Å²) in [6, 6.07) is 5.36. The predicted molar refractivity (Wildman–Crippen MR) is 62.3 cm³/mol. The minimum absolute atomic E-state index is 0.277. The van der Waals surface area contributed by atoms with Gasteiger partial charge < -0.3 is 10.5 Å². The Morgan fingerprint density at radius 1 is 1.26 bits per heavy atom. The Labute approximate surface area is 108 Å². The first-order chi connectivity index (χ1) is 8.90. The molecule has 0 saturated heterocycles. The SMILES string of the molecule is N[C@H](CC1CC1)c1ccccc1OC(F)(F)C(F)F. The Bertz CT molecular complexity index is 434. The predicted octanol–water partition coefficient (Wildman–Crippen LogP) is 3.72. The quantitative estimate of drug-likeness (QED) is 0.804. The monoisotopic (exact) mass is 277 g/mol. The van der Waals surface area contributed by atoms with Crippen molar-refractivity contribution < 1.29 is 22.3 Å². The highest BCUT2D eigenvalue weighted by molar-refractivity contribution is 5.36. The Hall–Kier alpha value is -1.30. The lowest BCUT2D eigenvalue weighted by Gasteiger charge is -2.21. The van der Waals surface area contributed by atoms with Crippen LogP contribution < -0.4 is 10.5 Å². The van der Waals surface area contributed by atoms with Gasteiger partial charge in [0.25, 0.3) is 0 Å². The fourth-order valence-electron chi connectivity index (χ4n) is 1.91. The number of hydrogen-bond acceptors (Lipinski definition) is 2. The normalized spacial score (nSPS) is 17.6. The standard InChI is InChI=1S/C13H15F4NO/c14-12(15)13(16,17)19-11-4-2-1-3-9(11)10(18)7-8-5-6-8/h1-4,8,10,12H,5-7,18H2/t10-/m1/s1. The molecule has 2 rings (SSSR count). The third-order valence-electron chi connectivity index (χ3n) is 3.10. The maximum atomic E-state index is 12.9. The molecule has 6 heteroatoms. The van der Waals surface area contributed by atoms with E-state index in [1.807, 2.05) is 0 Å². The van der Waals surface area contributed by atoms with E-state index in [9.17, 15) is 17.6 Å². The maximum Gasteiger partial charge on any atom is 0.461 e. The van der Waals surface area contributed by atoms with E-state index in [0.717, 1.165) is 12.8 Å². The molecule has 19 heavy (non-hydrogen) atoms. The second-order valence-corrected chi connectivity index (χ2v) is 4.79. The van der Waals surface area contributed by atoms with E-state index in [1.54, 1.807) is 6.07 Å². The second-order valence-electron chi connectivity index (χ2n) is 4.79. The maximum absolute atomic E-state index is 12.9. The highest BCUT2D eigenvalue weighted by atomic mass is 19.3. The van der Waals surface area contributed by atoms with Gasteiger partial charge in [0.15, 0.2) is 0 Å². The molecule has 1 saturated carbocycles. The van der Waals surface area contributed by atoms with Crippen LogP contribution in [0.5, 0.6) is 5.75 Å². The van der Waals surface area contributed by atoms with Crippen molar-refractivity contribution in [3.05, 3.63) is 29.8 Å². The molecule has 1 aromatic rings. The molecule has 0 spiro atoms. The molecule has 0 heterocycles. The minimum Gasteiger partial charge on any atom is -0.428 e. The fraction of sp³-hybridized carbons (Fsp3) is 0.538. The molecule has 0 unspecified atom stereocenters. The Morgan fingerprint density at radius 2 is 1.89 bits per heavy atom. The first-order valence-corrected chi connectivity index (χ1v) is 6.09. The van der Waals surface area contributed by atoms with Gasteiger partial charge in [0, 0.05) is 11.6 Å². The van der Waals surface area contributed by atoms with E-state index < -0.39 is 18.6 Å². The van der Waals surface area contributed by atoms with Gasteiger partial charge in [-0.1, -0.05) is 31.0 Å². The third kappa shape index (κ3) is 3.59. The minimum atomic E-state index is -4.50. The second kappa shape index (κ2) is 5.36. The number of nitrogens with two attached hydrogens (primary N) is 1. The summed E-state index contributed by atoms with van der Waals surface area (Å²) < 4.78 is 54.3. The van der Waals surface area contributed by atoms with Crippen molar-refractivity contribution in [2.24, 2.45) is 11.7 Å². The molecular weight excluding hydrogens is 262 g/mol. The Balaban J connectivity index is 2.15. The summed E-state index contributed by atoms with van der Waals surface area (Å²) in [7, 11) is 0. The molecule has 1 fully saturated rings. The Kier molecular flexibility index (Phi) is 3.99. The molecule has 0 radical (unpaired) electrons. The topological polar surface area (TPSA) is 35.2 Å². The van der Waals surface area contributed by atoms with E-state index >= 15 is 0 Å². The average molecular weight is 277 g/mol. The van der Waals surface area contributed by atoms with Crippen molar-refractivity contribution in [3.8, 4) is 5.75 Å². The van der Waals surface area contributed by atoms with Gasteiger partial charge in [0.1, 0.15) is 5.75 Å². The van der Waals surface area contributed by atoms with Crippen molar-refractivity contribution >= 4 is 0 Å². The lowest BCUT2D eigenvalue weighted by atomic mass is 10.0. The molecule has 1 aliphatic rings. The largest absolute Gasteiger partial charge is 0.461 e. The molecular formula is C13H15F4NO. The molecule has 0 aliphatic heterocycles. The number of hydrogen-bond donors (Lipinski definition) is 1. The summed E-state index contributed by atoms with van der Waals surface area (Å²) in [6.45, 7) is 0. The van der Waals surface area contributed by atoms with Crippen molar-refractivity contribution in [3.63, 3.8) is 0 Å². The number of alkyl halides is 4. The summed E-state index contributed by atoms with van der Waals surface area (Å²) >= 11 is 0. The van der Waals surface area contributed by atoms with Crippen LogP contribution in [0.2, 0.25) is 0 Å². The zero-order chi connectivity index (χ0) is 14.0. The van der Waals surface area contributed by atoms with Crippen LogP contribution in [0.15, 0.2) is 24.3 Å². The first-order valence-electron chi connectivity index (χ1n) is 6.09. The summed E-state index contributed by atoms with van der Waals surface area (Å²) in [6.07, 6.45) is -5.58. The van der Waals surface area contributed by atoms with Crippen LogP contribution in [-0.2, 0) is 0 Å². The van der Waals surface area contributed by atoms with E-state index in [-0.39, 0.29) is 5.75 Å². The van der Waals surface area contributed by atoms with Gasteiger partial charge in [0.2, 0.25) is 0 Å². The number of rotatable bonds is 6. The van der Waals surface area contributed by atoms with Crippen LogP contribution in [0, 0.1) is 5.92 Å². The molecule has 0 amide bonds. The lowest BCUT2D eigenvalue weighted by Crippen LogP contribution is -2.34. The highest BCUT2D eigenvalue weighted by Gasteiger charge is 2.44. The van der Waals surface area contributed by atoms with Gasteiger partial charge in [-0.15, -0.1) is 0 Å². The van der Waals surface area contributed by atoms with E-state index in [1.165, 1.54) is 18.2 Å². The van der Waals surface area contributed by atoms with Gasteiger partial charge in [-0.2, -0.15) is 17.6 Å². The lowest BCUT2D eigenvalue weighted by molar-refractivity contribution is -0.253. The summed E-state index contributed by atoms with van der Waals surface area (Å²) in [5, 5.41) is 0. The van der Waals surface area contributed by atoms with Crippen LogP contribution in [0.4, 0.5) is 17.6 Å².